The van der Waals surface area contributed by atoms with Gasteiger partial charge in [0.05, 0.1) is 6.54 Å². The molecule has 1 aromatic carbocycles. The van der Waals surface area contributed by atoms with Gasteiger partial charge in [-0.3, -0.25) is 4.79 Å². The number of halogens is 1. The fourth-order valence-corrected chi connectivity index (χ4v) is 1.41. The van der Waals surface area contributed by atoms with Gasteiger partial charge in [-0.1, -0.05) is 15.9 Å². The SMILES string of the molecule is COC(CNC(=O)c1ccc(Br)cc1)OC.O=C([O-])O.[K+]. The molecule has 21 heavy (non-hydrogen) atoms. The number of nitrogens with one attached hydrogen (secondary N) is 1. The van der Waals surface area contributed by atoms with Crippen molar-refractivity contribution in [1.82, 2.24) is 5.32 Å². The van der Waals surface area contributed by atoms with Gasteiger partial charge in [0.15, 0.2) is 6.29 Å². The monoisotopic (exact) mass is 387 g/mol. The fraction of sp³-hybridized carbons (Fsp3) is 0.333. The summed E-state index contributed by atoms with van der Waals surface area (Å²) in [6.45, 7) is 0.321. The summed E-state index contributed by atoms with van der Waals surface area (Å²) in [6, 6.07) is 7.13. The van der Waals surface area contributed by atoms with E-state index in [1.165, 1.54) is 14.2 Å². The van der Waals surface area contributed by atoms with Crippen molar-refractivity contribution in [2.75, 3.05) is 20.8 Å². The molecule has 0 atom stereocenters. The van der Waals surface area contributed by atoms with E-state index < -0.39 is 12.4 Å². The first kappa shape index (κ1) is 23.3. The number of rotatable bonds is 5. The minimum Gasteiger partial charge on any atom is -0.565 e. The minimum absolute atomic E-state index is 0. The van der Waals surface area contributed by atoms with Crippen molar-refractivity contribution in [3.05, 3.63) is 34.3 Å². The third-order valence-electron chi connectivity index (χ3n) is 2.06. The summed E-state index contributed by atoms with van der Waals surface area (Å²) in [4.78, 5) is 20.1. The molecule has 0 aliphatic carbocycles. The molecule has 0 radical (unpaired) electrons. The van der Waals surface area contributed by atoms with Gasteiger partial charge in [0.1, 0.15) is 0 Å². The quantitative estimate of drug-likeness (QED) is 0.434. The summed E-state index contributed by atoms with van der Waals surface area (Å²) < 4.78 is 10.9. The van der Waals surface area contributed by atoms with Crippen LogP contribution in [-0.4, -0.2) is 44.2 Å². The molecular weight excluding hydrogens is 373 g/mol. The molecule has 2 N–H and O–H groups in total. The molecule has 1 rings (SSSR count). The third-order valence-corrected chi connectivity index (χ3v) is 2.59. The zero-order valence-electron chi connectivity index (χ0n) is 12.0. The van der Waals surface area contributed by atoms with Gasteiger partial charge in [-0.05, 0) is 24.3 Å². The van der Waals surface area contributed by atoms with Crippen molar-refractivity contribution in [2.24, 2.45) is 0 Å². The number of carbonyl (C=O) groups excluding carboxylic acids is 1. The van der Waals surface area contributed by atoms with Crippen LogP contribution in [0.15, 0.2) is 28.7 Å². The smallest absolute Gasteiger partial charge is 0.565 e. The van der Waals surface area contributed by atoms with E-state index >= 15 is 0 Å². The Hall–Kier alpha value is -0.00364. The molecule has 0 unspecified atom stereocenters. The maximum atomic E-state index is 11.7. The molecule has 0 aliphatic rings. The van der Waals surface area contributed by atoms with E-state index in [0.717, 1.165) is 4.47 Å². The summed E-state index contributed by atoms with van der Waals surface area (Å²) in [5, 5.41) is 18.0. The van der Waals surface area contributed by atoms with E-state index in [0.29, 0.717) is 12.1 Å². The molecule has 0 spiro atoms. The van der Waals surface area contributed by atoms with Gasteiger partial charge in [-0.25, -0.2) is 0 Å². The Morgan fingerprint density at radius 3 is 2.10 bits per heavy atom. The van der Waals surface area contributed by atoms with Crippen molar-refractivity contribution in [2.45, 2.75) is 6.29 Å². The Labute approximate surface area is 173 Å². The number of carbonyl (C=O) groups is 2. The normalized spacial score (nSPS) is 9.14. The molecule has 0 fully saturated rings. The number of benzene rings is 1. The van der Waals surface area contributed by atoms with Gasteiger partial charge >= 0.3 is 51.4 Å². The average molecular weight is 388 g/mol. The number of ether oxygens (including phenoxy) is 2. The van der Waals surface area contributed by atoms with Crippen LogP contribution in [0.25, 0.3) is 0 Å². The Balaban J connectivity index is 0. The van der Waals surface area contributed by atoms with Crippen LogP contribution >= 0.6 is 15.9 Å². The van der Waals surface area contributed by atoms with E-state index in [-0.39, 0.29) is 57.3 Å². The van der Waals surface area contributed by atoms with Crippen LogP contribution in [0, 0.1) is 0 Å². The maximum Gasteiger partial charge on any atom is 1.00 e. The van der Waals surface area contributed by atoms with Crippen LogP contribution in [-0.2, 0) is 9.47 Å². The van der Waals surface area contributed by atoms with Crippen molar-refractivity contribution in [3.63, 3.8) is 0 Å². The summed E-state index contributed by atoms with van der Waals surface area (Å²) in [5.74, 6) is -0.147. The maximum absolute atomic E-state index is 11.7. The van der Waals surface area contributed by atoms with E-state index in [1.54, 1.807) is 12.1 Å². The van der Waals surface area contributed by atoms with Crippen molar-refractivity contribution in [3.8, 4) is 0 Å². The first-order chi connectivity index (χ1) is 9.40. The van der Waals surface area contributed by atoms with Crippen LogP contribution in [0.3, 0.4) is 0 Å². The second-order valence-corrected chi connectivity index (χ2v) is 4.30. The second-order valence-electron chi connectivity index (χ2n) is 3.38. The predicted octanol–water partition coefficient (Wildman–Crippen LogP) is -2.31. The number of hydrogen-bond acceptors (Lipinski definition) is 5. The third kappa shape index (κ3) is 12.2. The molecule has 1 amide bonds. The topological polar surface area (TPSA) is 108 Å². The zero-order chi connectivity index (χ0) is 15.5. The van der Waals surface area contributed by atoms with Crippen molar-refractivity contribution < 1.29 is 80.7 Å². The first-order valence-electron chi connectivity index (χ1n) is 5.40. The van der Waals surface area contributed by atoms with Gasteiger partial charge in [-0.15, -0.1) is 0 Å². The molecule has 7 nitrogen and oxygen atoms in total. The van der Waals surface area contributed by atoms with Gasteiger partial charge < -0.3 is 29.8 Å². The molecule has 1 aromatic rings. The standard InChI is InChI=1S/C11H14BrNO3.CH2O3.K/c1-15-10(16-2)7-13-11(14)8-3-5-9(12)6-4-8;2-1(3)4;/h3-6,10H,7H2,1-2H3,(H,13,14);(H2,2,3,4);/q;;+1/p-1. The molecule has 0 bridgehead atoms. The molecule has 0 saturated heterocycles. The van der Waals surface area contributed by atoms with Crippen LogP contribution < -0.4 is 61.8 Å². The number of methoxy groups -OCH3 is 2. The molecule has 0 aliphatic heterocycles. The number of hydrogen-bond donors (Lipinski definition) is 2. The second kappa shape index (κ2) is 13.6. The van der Waals surface area contributed by atoms with Gasteiger partial charge in [0.25, 0.3) is 5.91 Å². The number of amides is 1. The summed E-state index contributed by atoms with van der Waals surface area (Å²) in [5.41, 5.74) is 0.606. The number of carboxylic acid groups (broad SMARTS) is 2. The summed E-state index contributed by atoms with van der Waals surface area (Å²) >= 11 is 3.31. The molecule has 0 saturated carbocycles. The van der Waals surface area contributed by atoms with Crippen molar-refractivity contribution in [1.29, 1.82) is 0 Å². The molecule has 0 heterocycles. The molecule has 0 aromatic heterocycles. The van der Waals surface area contributed by atoms with E-state index in [2.05, 4.69) is 21.2 Å². The predicted molar refractivity (Wildman–Crippen MR) is 72.3 cm³/mol. The van der Waals surface area contributed by atoms with Crippen molar-refractivity contribution >= 4 is 28.0 Å². The molecular formula is C12H15BrKNO6. The Bertz CT molecular complexity index is 420. The van der Waals surface area contributed by atoms with Crippen LogP contribution in [0.2, 0.25) is 0 Å². The molecule has 9 heteroatoms. The van der Waals surface area contributed by atoms with Gasteiger partial charge in [0.2, 0.25) is 6.16 Å². The minimum atomic E-state index is -2.08. The Kier molecular flexibility index (Phi) is 15.1. The fourth-order valence-electron chi connectivity index (χ4n) is 1.14. The first-order valence-corrected chi connectivity index (χ1v) is 6.19. The van der Waals surface area contributed by atoms with Crippen LogP contribution in [0.4, 0.5) is 4.79 Å². The van der Waals surface area contributed by atoms with Gasteiger partial charge in [0, 0.05) is 24.3 Å². The van der Waals surface area contributed by atoms with Gasteiger partial charge in [-0.2, -0.15) is 0 Å². The zero-order valence-corrected chi connectivity index (χ0v) is 16.7. The Morgan fingerprint density at radius 2 is 1.71 bits per heavy atom. The van der Waals surface area contributed by atoms with E-state index in [4.69, 9.17) is 24.5 Å². The molecule has 112 valence electrons. The van der Waals surface area contributed by atoms with Crippen LogP contribution in [0.1, 0.15) is 10.4 Å². The van der Waals surface area contributed by atoms with Crippen LogP contribution in [0.5, 0.6) is 0 Å². The van der Waals surface area contributed by atoms with E-state index in [9.17, 15) is 4.79 Å². The average Bonchev–Trinajstić information content (AvgIpc) is 2.40. The summed E-state index contributed by atoms with van der Waals surface area (Å²) in [7, 11) is 3.06. The Morgan fingerprint density at radius 1 is 1.29 bits per heavy atom. The van der Waals surface area contributed by atoms with E-state index in [1.807, 2.05) is 12.1 Å². The largest absolute Gasteiger partial charge is 1.00 e. The summed E-state index contributed by atoms with van der Waals surface area (Å²) in [6.07, 6.45) is -2.50.